The summed E-state index contributed by atoms with van der Waals surface area (Å²) in [4.78, 5) is 12.8. The first-order valence-corrected chi connectivity index (χ1v) is 9.92. The Morgan fingerprint density at radius 1 is 1.32 bits per heavy atom. The van der Waals surface area contributed by atoms with Crippen LogP contribution in [0.4, 0.5) is 0 Å². The van der Waals surface area contributed by atoms with Crippen LogP contribution in [0.2, 0.25) is 0 Å². The van der Waals surface area contributed by atoms with Crippen molar-refractivity contribution < 1.29 is 19.1 Å². The zero-order valence-electron chi connectivity index (χ0n) is 14.8. The number of hydrogen-bond acceptors (Lipinski definition) is 3. The van der Waals surface area contributed by atoms with Gasteiger partial charge in [-0.2, -0.15) is 0 Å². The number of rotatable bonds is 2. The van der Waals surface area contributed by atoms with Crippen LogP contribution in [0.5, 0.6) is 11.5 Å². The Morgan fingerprint density at radius 3 is 2.96 bits per heavy atom. The van der Waals surface area contributed by atoms with Gasteiger partial charge >= 0.3 is 0 Å². The minimum atomic E-state index is -0.356. The largest absolute Gasteiger partial charge is 0.504 e. The van der Waals surface area contributed by atoms with Crippen LogP contribution in [-0.4, -0.2) is 47.7 Å². The fourth-order valence-corrected chi connectivity index (χ4v) is 6.91. The average Bonchev–Trinajstić information content (AvgIpc) is 3.32. The van der Waals surface area contributed by atoms with Gasteiger partial charge in [-0.3, -0.25) is 4.79 Å². The molecule has 25 heavy (non-hydrogen) atoms. The number of carbonyl (C=O) groups is 1. The molecule has 2 bridgehead atoms. The molecule has 2 saturated carbocycles. The molecule has 4 nitrogen and oxygen atoms in total. The molecule has 0 radical (unpaired) electrons. The average molecular weight is 340 g/mol. The van der Waals surface area contributed by atoms with E-state index in [1.807, 2.05) is 0 Å². The summed E-state index contributed by atoms with van der Waals surface area (Å²) in [6, 6.07) is 4.46. The Bertz CT molecular complexity index is 801. The Kier molecular flexibility index (Phi) is 2.57. The van der Waals surface area contributed by atoms with Gasteiger partial charge in [0.25, 0.3) is 0 Å². The van der Waals surface area contributed by atoms with Crippen LogP contribution >= 0.6 is 0 Å². The number of phenolic OH excluding ortho intramolecular Hbond substituents is 1. The topological polar surface area (TPSA) is 46.5 Å². The molecule has 5 atom stereocenters. The SMILES string of the molecule is C[N@+]1(CC2CC2)CC[C@@]23c4c5ccc(O)c4OC2C(=O)CCC3C1C5. The molecule has 1 spiro atoms. The van der Waals surface area contributed by atoms with Gasteiger partial charge in [0.05, 0.1) is 31.6 Å². The van der Waals surface area contributed by atoms with E-state index in [9.17, 15) is 9.90 Å². The van der Waals surface area contributed by atoms with E-state index >= 15 is 0 Å². The second-order valence-corrected chi connectivity index (χ2v) is 9.45. The number of Topliss-reactive ketones (excluding diaryl/α,β-unsaturated/α-hetero) is 1. The number of ether oxygens (including phenoxy) is 1. The summed E-state index contributed by atoms with van der Waals surface area (Å²) in [6.45, 7) is 2.44. The predicted octanol–water partition coefficient (Wildman–Crippen LogP) is 2.56. The van der Waals surface area contributed by atoms with E-state index in [0.29, 0.717) is 24.1 Å². The van der Waals surface area contributed by atoms with Crippen molar-refractivity contribution in [2.45, 2.75) is 56.1 Å². The molecule has 4 heteroatoms. The lowest BCUT2D eigenvalue weighted by Gasteiger charge is -2.60. The number of carbonyl (C=O) groups excluding carboxylic acids is 1. The van der Waals surface area contributed by atoms with Gasteiger partial charge in [-0.05, 0) is 30.9 Å². The zero-order valence-corrected chi connectivity index (χ0v) is 14.8. The Balaban J connectivity index is 1.56. The fraction of sp³-hybridized carbons (Fsp3) is 0.667. The smallest absolute Gasteiger partial charge is 0.174 e. The molecule has 3 fully saturated rings. The molecule has 1 saturated heterocycles. The van der Waals surface area contributed by atoms with Gasteiger partial charge in [0, 0.05) is 36.7 Å². The molecule has 0 amide bonds. The number of benzene rings is 1. The lowest BCUT2D eigenvalue weighted by Crippen LogP contribution is -2.72. The quantitative estimate of drug-likeness (QED) is 0.842. The summed E-state index contributed by atoms with van der Waals surface area (Å²) in [6.07, 6.45) is 6.17. The van der Waals surface area contributed by atoms with Gasteiger partial charge in [0.15, 0.2) is 23.4 Å². The fourth-order valence-electron chi connectivity index (χ4n) is 6.91. The number of nitrogens with zero attached hydrogens (tertiary/aromatic N) is 1. The number of aromatic hydroxyl groups is 1. The molecule has 132 valence electrons. The maximum Gasteiger partial charge on any atom is 0.174 e. The summed E-state index contributed by atoms with van der Waals surface area (Å²) < 4.78 is 7.35. The first-order chi connectivity index (χ1) is 12.0. The van der Waals surface area contributed by atoms with Gasteiger partial charge in [-0.25, -0.2) is 0 Å². The molecule has 0 aromatic heterocycles. The molecule has 6 rings (SSSR count). The van der Waals surface area contributed by atoms with Gasteiger partial charge < -0.3 is 14.3 Å². The molecule has 1 aromatic carbocycles. The zero-order chi connectivity index (χ0) is 17.0. The van der Waals surface area contributed by atoms with Crippen LogP contribution in [0, 0.1) is 11.8 Å². The lowest BCUT2D eigenvalue weighted by atomic mass is 9.51. The molecular weight excluding hydrogens is 314 g/mol. The van der Waals surface area contributed by atoms with Crippen molar-refractivity contribution in [3.05, 3.63) is 23.3 Å². The van der Waals surface area contributed by atoms with E-state index in [1.54, 1.807) is 6.07 Å². The van der Waals surface area contributed by atoms with Crippen molar-refractivity contribution in [3.8, 4) is 11.5 Å². The summed E-state index contributed by atoms with van der Waals surface area (Å²) in [7, 11) is 2.46. The van der Waals surface area contributed by atoms with Crippen LogP contribution in [0.1, 0.15) is 43.2 Å². The maximum atomic E-state index is 12.8. The normalized spacial score (nSPS) is 43.6. The number of phenols is 1. The van der Waals surface area contributed by atoms with Crippen molar-refractivity contribution in [3.63, 3.8) is 0 Å². The van der Waals surface area contributed by atoms with Gasteiger partial charge in [0.1, 0.15) is 0 Å². The highest BCUT2D eigenvalue weighted by atomic mass is 16.5. The molecule has 1 aromatic rings. The van der Waals surface area contributed by atoms with Gasteiger partial charge in [-0.15, -0.1) is 0 Å². The number of likely N-dealkylation sites (N-methyl/N-ethyl adjacent to an activating group) is 1. The third-order valence-electron chi connectivity index (χ3n) is 8.15. The van der Waals surface area contributed by atoms with E-state index in [0.717, 1.165) is 31.7 Å². The van der Waals surface area contributed by atoms with E-state index in [4.69, 9.17) is 4.74 Å². The van der Waals surface area contributed by atoms with E-state index in [2.05, 4.69) is 13.1 Å². The molecule has 3 aliphatic carbocycles. The van der Waals surface area contributed by atoms with E-state index in [-0.39, 0.29) is 23.1 Å². The van der Waals surface area contributed by atoms with Gasteiger partial charge in [0.2, 0.25) is 0 Å². The monoisotopic (exact) mass is 340 g/mol. The van der Waals surface area contributed by atoms with Crippen LogP contribution < -0.4 is 4.74 Å². The van der Waals surface area contributed by atoms with Crippen molar-refractivity contribution in [1.82, 2.24) is 0 Å². The highest BCUT2D eigenvalue weighted by molar-refractivity contribution is 5.89. The van der Waals surface area contributed by atoms with Crippen LogP contribution in [0.3, 0.4) is 0 Å². The molecular formula is C21H26NO3+. The number of likely N-dealkylation sites (tertiary alicyclic amines) is 1. The summed E-state index contributed by atoms with van der Waals surface area (Å²) in [5.41, 5.74) is 2.36. The van der Waals surface area contributed by atoms with Crippen LogP contribution in [0.15, 0.2) is 12.1 Å². The Labute approximate surface area is 148 Å². The number of ketones is 1. The highest BCUT2D eigenvalue weighted by Crippen LogP contribution is 2.64. The second-order valence-electron chi connectivity index (χ2n) is 9.45. The van der Waals surface area contributed by atoms with Crippen molar-refractivity contribution in [2.24, 2.45) is 11.8 Å². The predicted molar refractivity (Wildman–Crippen MR) is 92.7 cm³/mol. The standard InChI is InChI=1S/C21H25NO3/c1-22(11-12-2-3-12)9-8-21-14-5-7-17(24)20(21)25-19-16(23)6-4-13(18(19)21)10-15(14)22/h4,6,12,14-15,20H,2-3,5,7-11H2,1H3/p+1/t14?,15?,20?,21-,22-/m1/s1. The molecule has 5 aliphatic rings. The summed E-state index contributed by atoms with van der Waals surface area (Å²) >= 11 is 0. The molecule has 2 aliphatic heterocycles. The number of piperidine rings is 1. The molecule has 2 heterocycles. The van der Waals surface area contributed by atoms with Crippen molar-refractivity contribution in [1.29, 1.82) is 0 Å². The third-order valence-corrected chi connectivity index (χ3v) is 8.15. The first-order valence-electron chi connectivity index (χ1n) is 9.92. The second kappa shape index (κ2) is 4.40. The minimum absolute atomic E-state index is 0.164. The van der Waals surface area contributed by atoms with Crippen molar-refractivity contribution in [2.75, 3.05) is 20.1 Å². The van der Waals surface area contributed by atoms with Gasteiger partial charge in [-0.1, -0.05) is 6.07 Å². The highest BCUT2D eigenvalue weighted by Gasteiger charge is 2.69. The molecule has 1 N–H and O–H groups in total. The molecule has 3 unspecified atom stereocenters. The minimum Gasteiger partial charge on any atom is -0.504 e. The number of hydrogen-bond donors (Lipinski definition) is 1. The maximum absolute atomic E-state index is 12.8. The summed E-state index contributed by atoms with van der Waals surface area (Å²) in [5, 5.41) is 10.4. The van der Waals surface area contributed by atoms with E-state index in [1.165, 1.54) is 35.0 Å². The van der Waals surface area contributed by atoms with Crippen LogP contribution in [0.25, 0.3) is 0 Å². The number of quaternary nitrogens is 1. The van der Waals surface area contributed by atoms with Crippen molar-refractivity contribution >= 4 is 5.78 Å². The third kappa shape index (κ3) is 1.65. The Morgan fingerprint density at radius 2 is 2.16 bits per heavy atom. The summed E-state index contributed by atoms with van der Waals surface area (Å²) in [5.74, 6) is 2.52. The van der Waals surface area contributed by atoms with E-state index < -0.39 is 0 Å². The van der Waals surface area contributed by atoms with Crippen LogP contribution in [-0.2, 0) is 16.6 Å². The Hall–Kier alpha value is -1.55. The first kappa shape index (κ1) is 14.6. The lowest BCUT2D eigenvalue weighted by molar-refractivity contribution is -0.946.